The predicted molar refractivity (Wildman–Crippen MR) is 131 cm³/mol. The first-order valence-corrected chi connectivity index (χ1v) is 16.4. The third-order valence-corrected chi connectivity index (χ3v) is 14.4. The molecule has 2 aliphatic heterocycles. The van der Waals surface area contributed by atoms with Crippen molar-refractivity contribution in [3.8, 4) is 0 Å². The van der Waals surface area contributed by atoms with Gasteiger partial charge < -0.3 is 10.2 Å². The molecule has 2 heterocycles. The van der Waals surface area contributed by atoms with E-state index in [9.17, 15) is 0 Å². The van der Waals surface area contributed by atoms with Crippen molar-refractivity contribution in [3.63, 3.8) is 0 Å². The molecule has 0 spiro atoms. The van der Waals surface area contributed by atoms with Crippen LogP contribution < -0.4 is 0 Å². The van der Waals surface area contributed by atoms with Gasteiger partial charge in [-0.25, -0.2) is 0 Å². The molecule has 25 heavy (non-hydrogen) atoms. The zero-order chi connectivity index (χ0) is 17.7. The average Bonchev–Trinajstić information content (AvgIpc) is 2.64. The van der Waals surface area contributed by atoms with E-state index >= 15 is 0 Å². The van der Waals surface area contributed by atoms with Crippen LogP contribution in [0.5, 0.6) is 0 Å². The summed E-state index contributed by atoms with van der Waals surface area (Å²) >= 11 is 14.6. The summed E-state index contributed by atoms with van der Waals surface area (Å²) in [7, 11) is 0. The van der Waals surface area contributed by atoms with Gasteiger partial charge in [-0.3, -0.25) is 0 Å². The van der Waals surface area contributed by atoms with E-state index in [4.69, 9.17) is 10.2 Å². The van der Waals surface area contributed by atoms with Gasteiger partial charge in [0.05, 0.1) is 13.2 Å². The van der Waals surface area contributed by atoms with Crippen LogP contribution in [0.3, 0.4) is 0 Å². The maximum Gasteiger partial charge on any atom is 0.0521 e. The van der Waals surface area contributed by atoms with E-state index in [0.717, 1.165) is 32.5 Å². The molecule has 0 amide bonds. The Hall–Kier alpha value is 2.37. The van der Waals surface area contributed by atoms with Crippen molar-refractivity contribution < 1.29 is 10.2 Å². The van der Waals surface area contributed by atoms with Crippen LogP contribution in [0.2, 0.25) is 0 Å². The van der Waals surface area contributed by atoms with E-state index in [0.29, 0.717) is 13.2 Å². The maximum absolute atomic E-state index is 8.91. The lowest BCUT2D eigenvalue weighted by Crippen LogP contribution is -2.27. The topological polar surface area (TPSA) is 40.5 Å². The van der Waals surface area contributed by atoms with Crippen molar-refractivity contribution in [3.05, 3.63) is 0 Å². The maximum atomic E-state index is 8.91. The summed E-state index contributed by atoms with van der Waals surface area (Å²) in [6.07, 6.45) is 0. The molecule has 4 unspecified atom stereocenters. The fourth-order valence-corrected chi connectivity index (χ4v) is 13.0. The number of hydrogen-bond donors (Lipinski definition) is 2. The third-order valence-electron chi connectivity index (χ3n) is 3.71. The third kappa shape index (κ3) is 10.6. The average molecular weight is 479 g/mol. The summed E-state index contributed by atoms with van der Waals surface area (Å²) in [6, 6.07) is 0. The molecule has 0 bridgehead atoms. The van der Waals surface area contributed by atoms with Gasteiger partial charge in [-0.1, -0.05) is 0 Å². The molecular weight excluding hydrogens is 449 g/mol. The largest absolute Gasteiger partial charge is 0.396 e. The Morgan fingerprint density at radius 3 is 1.64 bits per heavy atom. The number of hydrogen-bond acceptors (Lipinski definition) is 9. The number of aliphatic hydroxyl groups excluding tert-OH is 2. The van der Waals surface area contributed by atoms with Gasteiger partial charge in [-0.2, -0.15) is 82.3 Å². The molecule has 2 saturated heterocycles. The minimum atomic E-state index is 0.312. The Labute approximate surface area is 183 Å². The Morgan fingerprint density at radius 1 is 0.640 bits per heavy atom. The van der Waals surface area contributed by atoms with Gasteiger partial charge in [0.1, 0.15) is 0 Å². The fourth-order valence-electron chi connectivity index (χ4n) is 2.52. The minimum Gasteiger partial charge on any atom is -0.396 e. The van der Waals surface area contributed by atoms with E-state index < -0.39 is 0 Å². The lowest BCUT2D eigenvalue weighted by atomic mass is 10.5. The van der Waals surface area contributed by atoms with Gasteiger partial charge in [0.15, 0.2) is 0 Å². The first-order chi connectivity index (χ1) is 12.3. The highest BCUT2D eigenvalue weighted by Gasteiger charge is 2.25. The van der Waals surface area contributed by atoms with Crippen molar-refractivity contribution in [1.29, 1.82) is 0 Å². The number of rotatable bonds is 12. The highest BCUT2D eigenvalue weighted by molar-refractivity contribution is 8.10. The van der Waals surface area contributed by atoms with Crippen molar-refractivity contribution in [2.75, 3.05) is 70.7 Å². The zero-order valence-corrected chi connectivity index (χ0v) is 20.3. The van der Waals surface area contributed by atoms with Crippen LogP contribution in [0.25, 0.3) is 0 Å². The first-order valence-electron chi connectivity index (χ1n) is 8.73. The Kier molecular flexibility index (Phi) is 14.4. The van der Waals surface area contributed by atoms with E-state index in [-0.39, 0.29) is 0 Å². The van der Waals surface area contributed by atoms with Crippen LogP contribution in [-0.4, -0.2) is 102 Å². The molecule has 0 radical (unpaired) electrons. The molecule has 0 aromatic heterocycles. The second-order valence-corrected chi connectivity index (χ2v) is 14.7. The Morgan fingerprint density at radius 2 is 1.12 bits per heavy atom. The van der Waals surface area contributed by atoms with E-state index in [1.807, 2.05) is 23.5 Å². The molecule has 2 fully saturated rings. The van der Waals surface area contributed by atoms with Crippen LogP contribution in [0.15, 0.2) is 0 Å². The van der Waals surface area contributed by atoms with Crippen molar-refractivity contribution >= 4 is 82.3 Å². The molecule has 0 saturated carbocycles. The highest BCUT2D eigenvalue weighted by atomic mass is 32.2. The van der Waals surface area contributed by atoms with Crippen LogP contribution in [0, 0.1) is 0 Å². The summed E-state index contributed by atoms with van der Waals surface area (Å²) < 4.78 is 0. The van der Waals surface area contributed by atoms with Crippen molar-refractivity contribution in [1.82, 2.24) is 0 Å². The van der Waals surface area contributed by atoms with Crippen LogP contribution in [0.4, 0.5) is 0 Å². The molecular formula is C16H30O2S7. The second-order valence-electron chi connectivity index (χ2n) is 5.96. The van der Waals surface area contributed by atoms with E-state index in [2.05, 4.69) is 58.8 Å². The smallest absolute Gasteiger partial charge is 0.0521 e. The SMILES string of the molecule is OCCSCC1CSC(CSCC2CSCC(CSCCO)S2)CS1. The second kappa shape index (κ2) is 15.2. The molecule has 2 rings (SSSR count). The van der Waals surface area contributed by atoms with Crippen molar-refractivity contribution in [2.45, 2.75) is 21.0 Å². The zero-order valence-electron chi connectivity index (χ0n) is 14.5. The summed E-state index contributed by atoms with van der Waals surface area (Å²) in [5.41, 5.74) is 0. The molecule has 0 aliphatic carbocycles. The van der Waals surface area contributed by atoms with Crippen LogP contribution in [-0.2, 0) is 0 Å². The molecule has 0 aromatic rings. The quantitative estimate of drug-likeness (QED) is 0.409. The number of aliphatic hydroxyl groups is 2. The van der Waals surface area contributed by atoms with Crippen LogP contribution in [0.1, 0.15) is 0 Å². The standard InChI is InChI=1S/C16H30O2S7/c17-1-3-19-5-13-11-24-14(12-23-13)6-21-9-16-10-22-8-15(25-16)7-20-4-2-18/h13-18H,1-12H2. The summed E-state index contributed by atoms with van der Waals surface area (Å²) in [6.45, 7) is 0.624. The molecule has 148 valence electrons. The predicted octanol–water partition coefficient (Wildman–Crippen LogP) is 3.61. The van der Waals surface area contributed by atoms with Gasteiger partial charge in [-0.05, 0) is 0 Å². The lowest BCUT2D eigenvalue weighted by Gasteiger charge is -2.30. The molecule has 2 aliphatic rings. The van der Waals surface area contributed by atoms with Crippen LogP contribution >= 0.6 is 82.3 Å². The van der Waals surface area contributed by atoms with E-state index in [1.165, 1.54) is 46.0 Å². The lowest BCUT2D eigenvalue weighted by molar-refractivity contribution is 0.322. The summed E-state index contributed by atoms with van der Waals surface area (Å²) in [5.74, 6) is 12.0. The highest BCUT2D eigenvalue weighted by Crippen LogP contribution is 2.36. The van der Waals surface area contributed by atoms with Gasteiger partial charge in [-0.15, -0.1) is 0 Å². The number of thioether (sulfide) groups is 7. The van der Waals surface area contributed by atoms with E-state index in [1.54, 1.807) is 0 Å². The minimum absolute atomic E-state index is 0.312. The molecule has 4 atom stereocenters. The monoisotopic (exact) mass is 478 g/mol. The Bertz CT molecular complexity index is 330. The molecule has 2 N–H and O–H groups in total. The first kappa shape index (κ1) is 23.6. The van der Waals surface area contributed by atoms with Gasteiger partial charge in [0.25, 0.3) is 0 Å². The normalized spacial score (nSPS) is 30.5. The molecule has 2 nitrogen and oxygen atoms in total. The van der Waals surface area contributed by atoms with Gasteiger partial charge in [0, 0.05) is 78.5 Å². The Balaban J connectivity index is 1.51. The fraction of sp³-hybridized carbons (Fsp3) is 1.00. The van der Waals surface area contributed by atoms with Crippen molar-refractivity contribution in [2.24, 2.45) is 0 Å². The van der Waals surface area contributed by atoms with Gasteiger partial charge >= 0.3 is 0 Å². The molecule has 0 aromatic carbocycles. The summed E-state index contributed by atoms with van der Waals surface area (Å²) in [4.78, 5) is 0. The molecule has 9 heteroatoms. The van der Waals surface area contributed by atoms with Gasteiger partial charge in [0.2, 0.25) is 0 Å². The summed E-state index contributed by atoms with van der Waals surface area (Å²) in [5, 5.41) is 21.0.